The second-order valence-electron chi connectivity index (χ2n) is 4.27. The molecule has 0 amide bonds. The summed E-state index contributed by atoms with van der Waals surface area (Å²) >= 11 is 0. The van der Waals surface area contributed by atoms with Gasteiger partial charge in [0.15, 0.2) is 5.75 Å². The van der Waals surface area contributed by atoms with Gasteiger partial charge in [0.2, 0.25) is 5.43 Å². The predicted molar refractivity (Wildman–Crippen MR) is 73.8 cm³/mol. The van der Waals surface area contributed by atoms with E-state index < -0.39 is 0 Å². The van der Waals surface area contributed by atoms with Crippen LogP contribution in [0, 0.1) is 0 Å². The largest absolute Gasteiger partial charge is 0.503 e. The van der Waals surface area contributed by atoms with Gasteiger partial charge in [-0.2, -0.15) is 0 Å². The van der Waals surface area contributed by atoms with Crippen LogP contribution in [0.2, 0.25) is 0 Å². The van der Waals surface area contributed by atoms with Crippen molar-refractivity contribution in [3.05, 3.63) is 58.0 Å². The van der Waals surface area contributed by atoms with Crippen molar-refractivity contribution in [2.45, 2.75) is 19.9 Å². The first-order valence-corrected chi connectivity index (χ1v) is 6.20. The molecule has 0 radical (unpaired) electrons. The number of benzene rings is 1. The van der Waals surface area contributed by atoms with E-state index in [9.17, 15) is 9.90 Å². The van der Waals surface area contributed by atoms with Crippen molar-refractivity contribution < 1.29 is 9.84 Å². The molecule has 0 bridgehead atoms. The summed E-state index contributed by atoms with van der Waals surface area (Å²) in [5.41, 5.74) is 1.30. The van der Waals surface area contributed by atoms with Crippen LogP contribution in [0.25, 0.3) is 0 Å². The molecule has 4 heteroatoms. The van der Waals surface area contributed by atoms with Gasteiger partial charge in [-0.1, -0.05) is 25.1 Å². The lowest BCUT2D eigenvalue weighted by Gasteiger charge is -2.15. The first-order valence-electron chi connectivity index (χ1n) is 6.20. The van der Waals surface area contributed by atoms with Crippen LogP contribution in [0.3, 0.4) is 0 Å². The highest BCUT2D eigenvalue weighted by atomic mass is 16.5. The zero-order valence-corrected chi connectivity index (χ0v) is 11.1. The number of aromatic nitrogens is 1. The predicted octanol–water partition coefficient (Wildman–Crippen LogP) is 2.17. The van der Waals surface area contributed by atoms with Gasteiger partial charge in [0.05, 0.1) is 19.3 Å². The van der Waals surface area contributed by atoms with Gasteiger partial charge in [0.25, 0.3) is 0 Å². The highest BCUT2D eigenvalue weighted by molar-refractivity contribution is 5.35. The van der Waals surface area contributed by atoms with Crippen molar-refractivity contribution in [1.82, 2.24) is 4.57 Å². The van der Waals surface area contributed by atoms with Crippen molar-refractivity contribution in [3.8, 4) is 11.5 Å². The molecule has 1 N–H and O–H groups in total. The highest BCUT2D eigenvalue weighted by Crippen LogP contribution is 2.20. The number of hydrogen-bond donors (Lipinski definition) is 1. The van der Waals surface area contributed by atoms with Gasteiger partial charge < -0.3 is 14.4 Å². The van der Waals surface area contributed by atoms with Gasteiger partial charge in [0, 0.05) is 17.8 Å². The molecule has 1 aromatic carbocycles. The van der Waals surface area contributed by atoms with Crippen molar-refractivity contribution in [2.24, 2.45) is 0 Å². The van der Waals surface area contributed by atoms with E-state index >= 15 is 0 Å². The molecule has 0 spiro atoms. The Bertz CT molecular complexity index is 632. The molecular weight excluding hydrogens is 242 g/mol. The lowest BCUT2D eigenvalue weighted by Crippen LogP contribution is -2.13. The zero-order valence-electron chi connectivity index (χ0n) is 11.1. The summed E-state index contributed by atoms with van der Waals surface area (Å²) in [5.74, 6) is 0.627. The molecule has 0 aliphatic carbocycles. The average Bonchev–Trinajstić information content (AvgIpc) is 2.44. The van der Waals surface area contributed by atoms with Crippen LogP contribution in [-0.2, 0) is 13.0 Å². The number of pyridine rings is 1. The van der Waals surface area contributed by atoms with Gasteiger partial charge in [-0.05, 0) is 12.5 Å². The molecule has 0 atom stereocenters. The Hall–Kier alpha value is -2.23. The van der Waals surface area contributed by atoms with E-state index in [2.05, 4.69) is 0 Å². The maximum absolute atomic E-state index is 11.4. The van der Waals surface area contributed by atoms with E-state index in [0.717, 1.165) is 11.3 Å². The Balaban J connectivity index is 2.44. The number of ether oxygens (including phenoxy) is 1. The fraction of sp³-hybridized carbons (Fsp3) is 0.267. The number of methoxy groups -OCH3 is 1. The summed E-state index contributed by atoms with van der Waals surface area (Å²) in [6.45, 7) is 2.47. The van der Waals surface area contributed by atoms with Crippen LogP contribution in [0.4, 0.5) is 0 Å². The summed E-state index contributed by atoms with van der Waals surface area (Å²) < 4.78 is 7.18. The lowest BCUT2D eigenvalue weighted by atomic mass is 10.1. The van der Waals surface area contributed by atoms with Crippen LogP contribution in [0.15, 0.2) is 41.3 Å². The third kappa shape index (κ3) is 2.62. The van der Waals surface area contributed by atoms with Crippen molar-refractivity contribution in [3.63, 3.8) is 0 Å². The van der Waals surface area contributed by atoms with Crippen LogP contribution in [0.5, 0.6) is 11.5 Å². The van der Waals surface area contributed by atoms with Gasteiger partial charge in [-0.3, -0.25) is 4.79 Å². The minimum atomic E-state index is -0.340. The summed E-state index contributed by atoms with van der Waals surface area (Å²) in [5, 5.41) is 9.82. The molecule has 0 fully saturated rings. The molecule has 0 aliphatic heterocycles. The van der Waals surface area contributed by atoms with Crippen LogP contribution in [-0.4, -0.2) is 16.8 Å². The first-order chi connectivity index (χ1) is 9.17. The maximum atomic E-state index is 11.4. The van der Waals surface area contributed by atoms with Gasteiger partial charge >= 0.3 is 0 Å². The molecule has 19 heavy (non-hydrogen) atoms. The highest BCUT2D eigenvalue weighted by Gasteiger charge is 2.10. The van der Waals surface area contributed by atoms with Crippen molar-refractivity contribution >= 4 is 0 Å². The summed E-state index contributed by atoms with van der Waals surface area (Å²) in [7, 11) is 1.63. The van der Waals surface area contributed by atoms with E-state index in [0.29, 0.717) is 18.7 Å². The number of nitrogens with zero attached hydrogens (tertiary/aromatic N) is 1. The number of aromatic hydroxyl groups is 1. The molecular formula is C15H17NO3. The third-order valence-corrected chi connectivity index (χ3v) is 3.13. The van der Waals surface area contributed by atoms with Gasteiger partial charge in [-0.15, -0.1) is 0 Å². The van der Waals surface area contributed by atoms with E-state index in [1.54, 1.807) is 13.3 Å². The second-order valence-corrected chi connectivity index (χ2v) is 4.27. The Morgan fingerprint density at radius 3 is 2.68 bits per heavy atom. The van der Waals surface area contributed by atoms with Gasteiger partial charge in [-0.25, -0.2) is 0 Å². The monoisotopic (exact) mass is 259 g/mol. The molecule has 0 unspecified atom stereocenters. The summed E-state index contributed by atoms with van der Waals surface area (Å²) in [4.78, 5) is 11.4. The Kier molecular flexibility index (Phi) is 3.90. The maximum Gasteiger partial charge on any atom is 0.223 e. The minimum absolute atomic E-state index is 0.167. The average molecular weight is 259 g/mol. The van der Waals surface area contributed by atoms with E-state index in [-0.39, 0.29) is 11.2 Å². The number of para-hydroxylation sites is 1. The smallest absolute Gasteiger partial charge is 0.223 e. The second kappa shape index (κ2) is 5.61. The topological polar surface area (TPSA) is 51.5 Å². The molecule has 4 nitrogen and oxygen atoms in total. The van der Waals surface area contributed by atoms with Crippen LogP contribution in [0.1, 0.15) is 18.2 Å². The minimum Gasteiger partial charge on any atom is -0.503 e. The quantitative estimate of drug-likeness (QED) is 0.915. The Labute approximate surface area is 111 Å². The fourth-order valence-corrected chi connectivity index (χ4v) is 2.14. The lowest BCUT2D eigenvalue weighted by molar-refractivity contribution is 0.407. The summed E-state index contributed by atoms with van der Waals surface area (Å²) in [6, 6.07) is 9.08. The van der Waals surface area contributed by atoms with E-state index in [4.69, 9.17) is 4.74 Å². The van der Waals surface area contributed by atoms with Crippen LogP contribution >= 0.6 is 0 Å². The fourth-order valence-electron chi connectivity index (χ4n) is 2.14. The molecule has 1 heterocycles. The number of rotatable bonds is 4. The molecule has 2 aromatic rings. The van der Waals surface area contributed by atoms with E-state index in [1.165, 1.54) is 6.07 Å². The molecule has 100 valence electrons. The molecule has 0 saturated heterocycles. The molecule has 0 aliphatic rings. The van der Waals surface area contributed by atoms with Gasteiger partial charge in [0.1, 0.15) is 5.75 Å². The summed E-state index contributed by atoms with van der Waals surface area (Å²) in [6.07, 6.45) is 2.30. The standard InChI is InChI=1S/C15H17NO3/c1-3-12-15(18)13(17)8-9-16(12)10-11-6-4-5-7-14(11)19-2/h4-9,18H,3,10H2,1-2H3. The van der Waals surface area contributed by atoms with Crippen molar-refractivity contribution in [1.29, 1.82) is 0 Å². The van der Waals surface area contributed by atoms with Crippen LogP contribution < -0.4 is 10.2 Å². The zero-order chi connectivity index (χ0) is 13.8. The van der Waals surface area contributed by atoms with E-state index in [1.807, 2.05) is 35.8 Å². The number of hydrogen-bond acceptors (Lipinski definition) is 3. The van der Waals surface area contributed by atoms with Crippen molar-refractivity contribution in [2.75, 3.05) is 7.11 Å². The first kappa shape index (κ1) is 13.2. The molecule has 1 aromatic heterocycles. The SMILES string of the molecule is CCc1c(O)c(=O)ccn1Cc1ccccc1OC. The molecule has 2 rings (SSSR count). The third-order valence-electron chi connectivity index (χ3n) is 3.13. The Morgan fingerprint density at radius 2 is 2.00 bits per heavy atom. The molecule has 0 saturated carbocycles. The Morgan fingerprint density at radius 1 is 1.26 bits per heavy atom. The normalized spacial score (nSPS) is 10.4.